The average Bonchev–Trinajstić information content (AvgIpc) is 0.722. The smallest absolute Gasteiger partial charge is 0.771 e. The number of halogens is 3. The fourth-order valence-electron chi connectivity index (χ4n) is 0. The third-order valence-corrected chi connectivity index (χ3v) is 0. The molecule has 0 aliphatic rings. The minimum atomic E-state index is -5.25. The number of alkyl halides is 3. The topological polar surface area (TPSA) is 23.1 Å². The summed E-state index contributed by atoms with van der Waals surface area (Å²) in [6, 6.07) is 0. The van der Waals surface area contributed by atoms with E-state index in [1.807, 2.05) is 0 Å². The van der Waals surface area contributed by atoms with Gasteiger partial charge in [0, 0.05) is 0 Å². The van der Waals surface area contributed by atoms with Gasteiger partial charge in [0.2, 0.25) is 0 Å². The van der Waals surface area contributed by atoms with Crippen LogP contribution in [-0.4, -0.2) is 6.36 Å². The molecular weight excluding hydrogens is 193 g/mol. The molecule has 0 spiro atoms. The normalized spacial score (nSPS) is 10.0. The Kier molecular flexibility index (Phi) is 4.25. The first-order chi connectivity index (χ1) is 2.00. The molecule has 0 unspecified atom stereocenters. The van der Waals surface area contributed by atoms with Gasteiger partial charge in [-0.1, -0.05) is 0 Å². The van der Waals surface area contributed by atoms with E-state index >= 15 is 0 Å². The van der Waals surface area contributed by atoms with Crippen LogP contribution in [0.25, 0.3) is 0 Å². The molecule has 0 fully saturated rings. The Bertz CT molecular complexity index is 26.3. The average molecular weight is 193 g/mol. The summed E-state index contributed by atoms with van der Waals surface area (Å²) in [4.78, 5) is 0. The fourth-order valence-corrected chi connectivity index (χ4v) is 0. The minimum Gasteiger partial charge on any atom is -0.771 e. The van der Waals surface area contributed by atoms with E-state index in [9.17, 15) is 13.2 Å². The van der Waals surface area contributed by atoms with Crippen LogP contribution in [0.15, 0.2) is 0 Å². The van der Waals surface area contributed by atoms with Crippen LogP contribution in [0.2, 0.25) is 0 Å². The van der Waals surface area contributed by atoms with Crippen LogP contribution < -0.4 is 5.11 Å². The van der Waals surface area contributed by atoms with Crippen molar-refractivity contribution in [2.24, 2.45) is 0 Å². The second-order valence-electron chi connectivity index (χ2n) is 0.446. The molecule has 0 radical (unpaired) electrons. The van der Waals surface area contributed by atoms with E-state index < -0.39 is 6.36 Å². The molecule has 0 aromatic carbocycles. The Labute approximate surface area is 47.7 Å². The van der Waals surface area contributed by atoms with Crippen LogP contribution in [0, 0.1) is 0 Å². The molecule has 0 rings (SSSR count). The van der Waals surface area contributed by atoms with Gasteiger partial charge in [0.1, 0.15) is 0 Å². The molecule has 5 heteroatoms. The summed E-state index contributed by atoms with van der Waals surface area (Å²) in [5.74, 6) is 0. The van der Waals surface area contributed by atoms with Crippen molar-refractivity contribution in [2.45, 2.75) is 6.36 Å². The van der Waals surface area contributed by atoms with E-state index in [0.717, 1.165) is 0 Å². The second kappa shape index (κ2) is 2.63. The molecular formula is CAgF3O. The molecule has 42 valence electrons. The van der Waals surface area contributed by atoms with Gasteiger partial charge in [-0.05, 0) is 0 Å². The van der Waals surface area contributed by atoms with E-state index in [-0.39, 0.29) is 22.4 Å². The van der Waals surface area contributed by atoms with Crippen molar-refractivity contribution >= 4 is 0 Å². The maximum atomic E-state index is 9.80. The van der Waals surface area contributed by atoms with Crippen molar-refractivity contribution in [3.63, 3.8) is 0 Å². The predicted octanol–water partition coefficient (Wildman–Crippen LogP) is -0.136. The number of hydrogen-bond donors (Lipinski definition) is 0. The molecule has 0 N–H and O–H groups in total. The van der Waals surface area contributed by atoms with Gasteiger partial charge in [-0.15, -0.1) is 0 Å². The van der Waals surface area contributed by atoms with Gasteiger partial charge in [0.15, 0.2) is 0 Å². The second-order valence-corrected chi connectivity index (χ2v) is 0.446. The van der Waals surface area contributed by atoms with Crippen LogP contribution >= 0.6 is 0 Å². The summed E-state index contributed by atoms with van der Waals surface area (Å²) >= 11 is 0. The molecule has 0 saturated heterocycles. The summed E-state index contributed by atoms with van der Waals surface area (Å²) in [7, 11) is 0. The zero-order valence-corrected chi connectivity index (χ0v) is 3.83. The molecule has 0 aliphatic carbocycles. The van der Waals surface area contributed by atoms with E-state index in [4.69, 9.17) is 5.11 Å². The quantitative estimate of drug-likeness (QED) is 0.491. The summed E-state index contributed by atoms with van der Waals surface area (Å²) in [6.45, 7) is 0. The monoisotopic (exact) mass is 192 g/mol. The van der Waals surface area contributed by atoms with Crippen molar-refractivity contribution in [2.75, 3.05) is 0 Å². The Balaban J connectivity index is 0. The van der Waals surface area contributed by atoms with E-state index in [1.165, 1.54) is 0 Å². The summed E-state index contributed by atoms with van der Waals surface area (Å²) < 4.78 is 29.4. The molecule has 0 atom stereocenters. The Hall–Kier alpha value is 0.490. The molecule has 0 aromatic heterocycles. The van der Waals surface area contributed by atoms with Gasteiger partial charge in [-0.25, -0.2) is 0 Å². The fraction of sp³-hybridized carbons (Fsp3) is 1.00. The first kappa shape index (κ1) is 9.70. The number of rotatable bonds is 0. The van der Waals surface area contributed by atoms with Crippen molar-refractivity contribution in [1.29, 1.82) is 0 Å². The summed E-state index contributed by atoms with van der Waals surface area (Å²) in [5.41, 5.74) is 0. The minimum absolute atomic E-state index is 0. The molecule has 0 saturated carbocycles. The molecule has 1 nitrogen and oxygen atoms in total. The van der Waals surface area contributed by atoms with Crippen molar-refractivity contribution < 1.29 is 40.7 Å². The molecule has 0 aromatic rings. The van der Waals surface area contributed by atoms with Crippen LogP contribution in [0.3, 0.4) is 0 Å². The molecule has 0 amide bonds. The third kappa shape index (κ3) is 228. The first-order valence-corrected chi connectivity index (χ1v) is 0.771. The maximum absolute atomic E-state index is 9.80. The van der Waals surface area contributed by atoms with Crippen molar-refractivity contribution in [1.82, 2.24) is 0 Å². The van der Waals surface area contributed by atoms with Gasteiger partial charge in [0.05, 0.1) is 0 Å². The SMILES string of the molecule is [Ag+].[O-]C(F)(F)F. The Morgan fingerprint density at radius 1 is 1.17 bits per heavy atom. The van der Waals surface area contributed by atoms with E-state index in [2.05, 4.69) is 0 Å². The summed E-state index contributed by atoms with van der Waals surface area (Å²) in [5, 5.41) is 8.10. The third-order valence-electron chi connectivity index (χ3n) is 0. The van der Waals surface area contributed by atoms with Gasteiger partial charge in [0.25, 0.3) is 0 Å². The predicted molar refractivity (Wildman–Crippen MR) is 6.05 cm³/mol. The van der Waals surface area contributed by atoms with Crippen LogP contribution in [0.1, 0.15) is 0 Å². The first-order valence-electron chi connectivity index (χ1n) is 0.771. The van der Waals surface area contributed by atoms with Crippen LogP contribution in [0.5, 0.6) is 0 Å². The zero-order chi connectivity index (χ0) is 4.50. The standard InChI is InChI=1S/CF3O.Ag/c2-1(3,4)5;/q-1;+1. The largest absolute Gasteiger partial charge is 1.00 e. The van der Waals surface area contributed by atoms with Crippen LogP contribution in [-0.2, 0) is 22.4 Å². The van der Waals surface area contributed by atoms with Crippen molar-refractivity contribution in [3.05, 3.63) is 0 Å². The van der Waals surface area contributed by atoms with E-state index in [1.54, 1.807) is 0 Å². The molecule has 6 heavy (non-hydrogen) atoms. The Morgan fingerprint density at radius 2 is 1.17 bits per heavy atom. The zero-order valence-electron chi connectivity index (χ0n) is 2.34. The molecule has 0 bridgehead atoms. The Morgan fingerprint density at radius 3 is 1.17 bits per heavy atom. The van der Waals surface area contributed by atoms with Crippen LogP contribution in [0.4, 0.5) is 13.2 Å². The number of hydrogen-bond acceptors (Lipinski definition) is 1. The van der Waals surface area contributed by atoms with E-state index in [0.29, 0.717) is 0 Å². The maximum Gasteiger partial charge on any atom is 1.00 e. The molecule has 0 aliphatic heterocycles. The summed E-state index contributed by atoms with van der Waals surface area (Å²) in [6.07, 6.45) is -5.25. The molecule has 0 heterocycles. The van der Waals surface area contributed by atoms with Gasteiger partial charge in [-0.2, -0.15) is 13.2 Å². The van der Waals surface area contributed by atoms with Gasteiger partial charge < -0.3 is 5.11 Å². The van der Waals surface area contributed by atoms with Gasteiger partial charge >= 0.3 is 28.7 Å². The van der Waals surface area contributed by atoms with Gasteiger partial charge in [-0.3, -0.25) is 0 Å². The van der Waals surface area contributed by atoms with Crippen molar-refractivity contribution in [3.8, 4) is 0 Å².